The van der Waals surface area contributed by atoms with Crippen LogP contribution in [0, 0.1) is 23.7 Å². The van der Waals surface area contributed by atoms with Crippen molar-refractivity contribution >= 4 is 38.4 Å². The highest BCUT2D eigenvalue weighted by molar-refractivity contribution is 7.85. The molecule has 1 heterocycles. The molecule has 5 nitrogen and oxygen atoms in total. The minimum absolute atomic E-state index is 0. The maximum Gasteiger partial charge on any atom is 0.265 e. The molecular weight excluding hydrogens is 597 g/mol. The molecule has 3 aromatic rings. The third kappa shape index (κ3) is 5.02. The number of halogens is 2. The molecule has 0 saturated heterocycles. The summed E-state index contributed by atoms with van der Waals surface area (Å²) in [5.74, 6) is -0.101. The lowest BCUT2D eigenvalue weighted by atomic mass is 9.70. The number of Topliss-reactive ketones (excluding diaryl/α,β-unsaturated/α-hetero) is 1. The van der Waals surface area contributed by atoms with Crippen LogP contribution >= 0.6 is 11.6 Å². The average Bonchev–Trinajstić information content (AvgIpc) is 3.09. The number of fused-ring (bicyclic) bond motifs is 3. The van der Waals surface area contributed by atoms with Crippen molar-refractivity contribution in [2.75, 3.05) is 5.75 Å². The van der Waals surface area contributed by atoms with E-state index < -0.39 is 21.3 Å². The summed E-state index contributed by atoms with van der Waals surface area (Å²) in [5.41, 5.74) is 3.57. The van der Waals surface area contributed by atoms with Crippen LogP contribution in [-0.2, 0) is 22.0 Å². The zero-order chi connectivity index (χ0) is 24.9. The number of rotatable bonds is 3. The lowest BCUT2D eigenvalue weighted by Crippen LogP contribution is -3.00. The van der Waals surface area contributed by atoms with Crippen molar-refractivity contribution in [2.45, 2.75) is 40.0 Å². The quantitative estimate of drug-likeness (QED) is 0.275. The van der Waals surface area contributed by atoms with Crippen molar-refractivity contribution in [3.8, 4) is 11.3 Å². The summed E-state index contributed by atoms with van der Waals surface area (Å²) in [4.78, 5) is 11.9. The fourth-order valence-corrected chi connectivity index (χ4v) is 7.59. The number of aryl methyl sites for hydroxylation is 2. The standard InChI is InChI=1S/C17H15ClN.C10H16O4S.HI/c1-12-11-13-7-3-6-10-16(13)19(2)17(12)14-8-4-5-9-15(14)18;1-9(2)7-3-4-10(9,8(11)5-7)6-15(12,13)14;/h3-11H,1-2H3;7H,3-6H2,1-2H3,(H,12,13,14);1H/q+1;;/p-1. The summed E-state index contributed by atoms with van der Waals surface area (Å²) in [7, 11) is -1.98. The van der Waals surface area contributed by atoms with E-state index in [0.29, 0.717) is 12.8 Å². The maximum atomic E-state index is 11.9. The van der Waals surface area contributed by atoms with E-state index in [0.717, 1.165) is 17.0 Å². The van der Waals surface area contributed by atoms with E-state index in [1.54, 1.807) is 0 Å². The molecule has 8 heteroatoms. The van der Waals surface area contributed by atoms with Gasteiger partial charge in [-0.15, -0.1) is 0 Å². The molecule has 2 unspecified atom stereocenters. The fraction of sp³-hybridized carbons (Fsp3) is 0.407. The van der Waals surface area contributed by atoms with Gasteiger partial charge in [0.15, 0.2) is 0 Å². The summed E-state index contributed by atoms with van der Waals surface area (Å²) in [6, 6.07) is 18.6. The number of benzene rings is 2. The monoisotopic (exact) mass is 627 g/mol. The van der Waals surface area contributed by atoms with Gasteiger partial charge in [-0.05, 0) is 55.4 Å². The van der Waals surface area contributed by atoms with Gasteiger partial charge in [0.2, 0.25) is 11.2 Å². The molecule has 1 aromatic heterocycles. The van der Waals surface area contributed by atoms with E-state index in [1.807, 2.05) is 32.0 Å². The molecular formula is C27H31ClINO4S. The maximum absolute atomic E-state index is 11.9. The second-order valence-electron chi connectivity index (χ2n) is 10.2. The molecule has 2 atom stereocenters. The highest BCUT2D eigenvalue weighted by atomic mass is 127. The number of para-hydroxylation sites is 1. The minimum Gasteiger partial charge on any atom is -1.00 e. The molecule has 0 amide bonds. The van der Waals surface area contributed by atoms with Crippen LogP contribution in [0.2, 0.25) is 5.02 Å². The van der Waals surface area contributed by atoms with Crippen molar-refractivity contribution < 1.29 is 46.3 Å². The average molecular weight is 628 g/mol. The smallest absolute Gasteiger partial charge is 0.265 e. The lowest BCUT2D eigenvalue weighted by Gasteiger charge is -2.35. The molecule has 0 aliphatic heterocycles. The van der Waals surface area contributed by atoms with Crippen LogP contribution in [0.4, 0.5) is 0 Å². The Morgan fingerprint density at radius 1 is 1.11 bits per heavy atom. The Labute approximate surface area is 229 Å². The SMILES string of the molecule is CC1(C)C2CCC1(CS(=O)(=O)O)C(=O)C2.Cc1cc2ccccc2[n+](C)c1-c1ccccc1Cl.[I-]. The Morgan fingerprint density at radius 3 is 2.31 bits per heavy atom. The number of ketones is 1. The highest BCUT2D eigenvalue weighted by Crippen LogP contribution is 2.64. The van der Waals surface area contributed by atoms with Gasteiger partial charge in [-0.2, -0.15) is 13.0 Å². The number of nitrogens with zero attached hydrogens (tertiary/aromatic N) is 1. The Balaban J connectivity index is 0.000000195. The van der Waals surface area contributed by atoms with E-state index in [4.69, 9.17) is 16.2 Å². The van der Waals surface area contributed by atoms with E-state index in [1.165, 1.54) is 22.2 Å². The number of aromatic nitrogens is 1. The van der Waals surface area contributed by atoms with E-state index >= 15 is 0 Å². The molecule has 35 heavy (non-hydrogen) atoms. The first-order chi connectivity index (χ1) is 15.9. The summed E-state index contributed by atoms with van der Waals surface area (Å²) in [6.45, 7) is 6.02. The topological polar surface area (TPSA) is 75.3 Å². The van der Waals surface area contributed by atoms with Crippen LogP contribution in [-0.4, -0.2) is 24.5 Å². The number of carbonyl (C=O) groups is 1. The normalized spacial score (nSPS) is 22.5. The van der Waals surface area contributed by atoms with Crippen molar-refractivity contribution in [1.29, 1.82) is 0 Å². The number of carbonyl (C=O) groups excluding carboxylic acids is 1. The third-order valence-corrected chi connectivity index (χ3v) is 9.26. The van der Waals surface area contributed by atoms with E-state index in [2.05, 4.69) is 54.9 Å². The second kappa shape index (κ2) is 10.1. The molecule has 2 aliphatic rings. The molecule has 0 radical (unpaired) electrons. The van der Waals surface area contributed by atoms with Gasteiger partial charge in [-0.1, -0.05) is 49.7 Å². The molecule has 2 fully saturated rings. The van der Waals surface area contributed by atoms with Gasteiger partial charge < -0.3 is 24.0 Å². The summed E-state index contributed by atoms with van der Waals surface area (Å²) >= 11 is 6.34. The zero-order valence-corrected chi connectivity index (χ0v) is 24.1. The molecule has 2 saturated carbocycles. The Hall–Kier alpha value is -1.55. The molecule has 2 aliphatic carbocycles. The number of hydrogen-bond acceptors (Lipinski definition) is 3. The van der Waals surface area contributed by atoms with Crippen LogP contribution in [0.3, 0.4) is 0 Å². The van der Waals surface area contributed by atoms with E-state index in [-0.39, 0.29) is 41.1 Å². The first kappa shape index (κ1) is 28.0. The van der Waals surface area contributed by atoms with Crippen LogP contribution in [0.1, 0.15) is 38.7 Å². The molecule has 188 valence electrons. The molecule has 0 spiro atoms. The number of hydrogen-bond donors (Lipinski definition) is 1. The van der Waals surface area contributed by atoms with Gasteiger partial charge in [0.1, 0.15) is 12.8 Å². The van der Waals surface area contributed by atoms with Crippen molar-refractivity contribution in [1.82, 2.24) is 0 Å². The largest absolute Gasteiger partial charge is 1.00 e. The van der Waals surface area contributed by atoms with Gasteiger partial charge in [-0.25, -0.2) is 0 Å². The Morgan fingerprint density at radius 2 is 1.74 bits per heavy atom. The van der Waals surface area contributed by atoms with Crippen LogP contribution < -0.4 is 28.5 Å². The van der Waals surface area contributed by atoms with Crippen molar-refractivity contribution in [3.63, 3.8) is 0 Å². The summed E-state index contributed by atoms with van der Waals surface area (Å²) in [5, 5.41) is 2.04. The van der Waals surface area contributed by atoms with Gasteiger partial charge >= 0.3 is 0 Å². The molecule has 2 bridgehead atoms. The fourth-order valence-electron chi connectivity index (χ4n) is 6.07. The second-order valence-corrected chi connectivity index (χ2v) is 12.0. The Kier molecular flexibility index (Phi) is 8.07. The molecule has 2 aromatic carbocycles. The van der Waals surface area contributed by atoms with Crippen LogP contribution in [0.25, 0.3) is 22.2 Å². The first-order valence-electron chi connectivity index (χ1n) is 11.5. The predicted molar refractivity (Wildman–Crippen MR) is 135 cm³/mol. The Bertz CT molecular complexity index is 1390. The van der Waals surface area contributed by atoms with Gasteiger partial charge in [0.25, 0.3) is 10.1 Å². The zero-order valence-electron chi connectivity index (χ0n) is 20.4. The van der Waals surface area contributed by atoms with Gasteiger partial charge in [0.05, 0.1) is 21.8 Å². The van der Waals surface area contributed by atoms with Crippen LogP contribution in [0.5, 0.6) is 0 Å². The summed E-state index contributed by atoms with van der Waals surface area (Å²) in [6.07, 6.45) is 1.97. The van der Waals surface area contributed by atoms with Gasteiger partial charge in [0, 0.05) is 23.4 Å². The third-order valence-electron chi connectivity index (χ3n) is 8.08. The first-order valence-corrected chi connectivity index (χ1v) is 13.5. The van der Waals surface area contributed by atoms with Crippen molar-refractivity contribution in [2.24, 2.45) is 23.8 Å². The predicted octanol–water partition coefficient (Wildman–Crippen LogP) is 2.57. The van der Waals surface area contributed by atoms with E-state index in [9.17, 15) is 13.2 Å². The molecule has 1 N–H and O–H groups in total. The summed E-state index contributed by atoms with van der Waals surface area (Å²) < 4.78 is 33.2. The molecule has 5 rings (SSSR count). The lowest BCUT2D eigenvalue weighted by molar-refractivity contribution is -0.633. The van der Waals surface area contributed by atoms with Gasteiger partial charge in [-0.3, -0.25) is 9.35 Å². The minimum atomic E-state index is -4.08. The van der Waals surface area contributed by atoms with Crippen molar-refractivity contribution in [3.05, 3.63) is 65.2 Å². The number of pyridine rings is 1. The highest BCUT2D eigenvalue weighted by Gasteiger charge is 2.65. The van der Waals surface area contributed by atoms with Crippen LogP contribution in [0.15, 0.2) is 54.6 Å².